The maximum Gasteiger partial charge on any atom is 0.124 e. The van der Waals surface area contributed by atoms with E-state index < -0.39 is 0 Å². The van der Waals surface area contributed by atoms with Gasteiger partial charge in [-0.25, -0.2) is 0 Å². The number of rotatable bonds is 7. The van der Waals surface area contributed by atoms with Gasteiger partial charge in [-0.15, -0.1) is 0 Å². The molecule has 3 nitrogen and oxygen atoms in total. The van der Waals surface area contributed by atoms with Crippen LogP contribution in [0.2, 0.25) is 0 Å². The maximum absolute atomic E-state index is 5.66. The van der Waals surface area contributed by atoms with Crippen LogP contribution in [0.15, 0.2) is 29.8 Å². The van der Waals surface area contributed by atoms with Crippen molar-refractivity contribution in [2.24, 2.45) is 0 Å². The third kappa shape index (κ3) is 3.93. The Kier molecular flexibility index (Phi) is 4.90. The molecule has 98 valence electrons. The van der Waals surface area contributed by atoms with Crippen LogP contribution in [0.25, 0.3) is 0 Å². The predicted molar refractivity (Wildman–Crippen MR) is 73.3 cm³/mol. The highest BCUT2D eigenvalue weighted by molar-refractivity contribution is 6.25. The third-order valence-corrected chi connectivity index (χ3v) is 3.03. The highest BCUT2D eigenvalue weighted by Crippen LogP contribution is 2.26. The molecule has 1 fully saturated rings. The molecule has 0 bridgehead atoms. The molecule has 0 amide bonds. The Hall–Kier alpha value is -1.19. The smallest absolute Gasteiger partial charge is 0.124 e. The molecule has 0 unspecified atom stereocenters. The molecular formula is C14H18ClNO2. The van der Waals surface area contributed by atoms with Crippen molar-refractivity contribution in [2.45, 2.75) is 25.4 Å². The predicted octanol–water partition coefficient (Wildman–Crippen LogP) is 3.08. The molecular weight excluding hydrogens is 250 g/mol. The minimum absolute atomic E-state index is 0.478. The largest absolute Gasteiger partial charge is 0.497 e. The summed E-state index contributed by atoms with van der Waals surface area (Å²) in [7, 11) is 1.67. The zero-order chi connectivity index (χ0) is 12.8. The van der Waals surface area contributed by atoms with Gasteiger partial charge < -0.3 is 14.8 Å². The van der Waals surface area contributed by atoms with Gasteiger partial charge in [0.2, 0.25) is 0 Å². The average Bonchev–Trinajstić information content (AvgIpc) is 3.21. The van der Waals surface area contributed by atoms with Crippen LogP contribution in [0.1, 0.15) is 18.4 Å². The van der Waals surface area contributed by atoms with E-state index in [9.17, 15) is 0 Å². The molecule has 0 saturated heterocycles. The van der Waals surface area contributed by atoms with Crippen LogP contribution in [-0.4, -0.2) is 19.8 Å². The van der Waals surface area contributed by atoms with Gasteiger partial charge in [0.05, 0.1) is 7.11 Å². The Labute approximate surface area is 113 Å². The second-order valence-corrected chi connectivity index (χ2v) is 4.55. The number of methoxy groups -OCH3 is 1. The number of ether oxygens (including phenoxy) is 2. The van der Waals surface area contributed by atoms with Gasteiger partial charge in [0, 0.05) is 23.7 Å². The SMILES string of the molecule is COc1ccc(OC/C=C/Cl)c(CNC2CC2)c1. The van der Waals surface area contributed by atoms with Crippen LogP contribution in [0.5, 0.6) is 11.5 Å². The number of halogens is 1. The van der Waals surface area contributed by atoms with Crippen molar-refractivity contribution in [3.63, 3.8) is 0 Å². The first-order valence-electron chi connectivity index (χ1n) is 6.12. The van der Waals surface area contributed by atoms with Gasteiger partial charge in [-0.05, 0) is 37.1 Å². The van der Waals surface area contributed by atoms with Crippen LogP contribution in [0.4, 0.5) is 0 Å². The summed E-state index contributed by atoms with van der Waals surface area (Å²) in [6.07, 6.45) is 4.31. The van der Waals surface area contributed by atoms with Crippen molar-refractivity contribution >= 4 is 11.6 Å². The first-order valence-corrected chi connectivity index (χ1v) is 6.55. The average molecular weight is 268 g/mol. The van der Waals surface area contributed by atoms with Crippen molar-refractivity contribution in [3.8, 4) is 11.5 Å². The van der Waals surface area contributed by atoms with Crippen molar-refractivity contribution < 1.29 is 9.47 Å². The van der Waals surface area contributed by atoms with Crippen LogP contribution in [0, 0.1) is 0 Å². The molecule has 0 aromatic heterocycles. The molecule has 1 N–H and O–H groups in total. The Balaban J connectivity index is 2.03. The highest BCUT2D eigenvalue weighted by Gasteiger charge is 2.20. The molecule has 1 aliphatic rings. The maximum atomic E-state index is 5.66. The number of hydrogen-bond donors (Lipinski definition) is 1. The molecule has 1 aromatic carbocycles. The van der Waals surface area contributed by atoms with Crippen LogP contribution >= 0.6 is 11.6 Å². The lowest BCUT2D eigenvalue weighted by Crippen LogP contribution is -2.16. The molecule has 1 aliphatic carbocycles. The number of benzene rings is 1. The normalized spacial score (nSPS) is 15.0. The summed E-state index contributed by atoms with van der Waals surface area (Å²) in [6.45, 7) is 1.29. The summed E-state index contributed by atoms with van der Waals surface area (Å²) < 4.78 is 10.9. The van der Waals surface area contributed by atoms with Gasteiger partial charge in [0.15, 0.2) is 0 Å². The van der Waals surface area contributed by atoms with Gasteiger partial charge in [-0.3, -0.25) is 0 Å². The van der Waals surface area contributed by atoms with Crippen LogP contribution in [-0.2, 0) is 6.54 Å². The van der Waals surface area contributed by atoms with E-state index in [0.29, 0.717) is 12.6 Å². The zero-order valence-electron chi connectivity index (χ0n) is 10.5. The zero-order valence-corrected chi connectivity index (χ0v) is 11.2. The molecule has 1 aromatic rings. The van der Waals surface area contributed by atoms with E-state index in [1.54, 1.807) is 13.2 Å². The van der Waals surface area contributed by atoms with E-state index in [1.807, 2.05) is 18.2 Å². The Morgan fingerprint density at radius 1 is 1.44 bits per heavy atom. The summed E-state index contributed by atoms with van der Waals surface area (Å²) in [6, 6.07) is 6.52. The number of hydrogen-bond acceptors (Lipinski definition) is 3. The minimum Gasteiger partial charge on any atom is -0.497 e. The standard InChI is InChI=1S/C14H18ClNO2/c1-17-13-5-6-14(18-8-2-7-15)11(9-13)10-16-12-3-4-12/h2,5-7,9,12,16H,3-4,8,10H2,1H3/b7-2+. The van der Waals surface area contributed by atoms with Gasteiger partial charge in [-0.1, -0.05) is 11.6 Å². The molecule has 4 heteroatoms. The topological polar surface area (TPSA) is 30.5 Å². The van der Waals surface area contributed by atoms with Crippen molar-refractivity contribution in [2.75, 3.05) is 13.7 Å². The third-order valence-electron chi connectivity index (χ3n) is 2.85. The monoisotopic (exact) mass is 267 g/mol. The Morgan fingerprint density at radius 2 is 2.28 bits per heavy atom. The van der Waals surface area contributed by atoms with E-state index in [2.05, 4.69) is 5.32 Å². The van der Waals surface area contributed by atoms with Gasteiger partial charge >= 0.3 is 0 Å². The number of nitrogens with one attached hydrogen (secondary N) is 1. The summed E-state index contributed by atoms with van der Waals surface area (Å²) in [5.41, 5.74) is 2.58. The van der Waals surface area contributed by atoms with E-state index in [-0.39, 0.29) is 0 Å². The fraction of sp³-hybridized carbons (Fsp3) is 0.429. The highest BCUT2D eigenvalue weighted by atomic mass is 35.5. The van der Waals surface area contributed by atoms with E-state index in [1.165, 1.54) is 18.4 Å². The Bertz CT molecular complexity index is 416. The van der Waals surface area contributed by atoms with Crippen LogP contribution in [0.3, 0.4) is 0 Å². The van der Waals surface area contributed by atoms with Gasteiger partial charge in [-0.2, -0.15) is 0 Å². The first kappa shape index (κ1) is 13.2. The Morgan fingerprint density at radius 3 is 2.94 bits per heavy atom. The van der Waals surface area contributed by atoms with E-state index >= 15 is 0 Å². The molecule has 1 saturated carbocycles. The molecule has 0 radical (unpaired) electrons. The van der Waals surface area contributed by atoms with Gasteiger partial charge in [0.25, 0.3) is 0 Å². The van der Waals surface area contributed by atoms with Crippen molar-refractivity contribution in [3.05, 3.63) is 35.4 Å². The summed E-state index contributed by atoms with van der Waals surface area (Å²) >= 11 is 5.47. The first-order chi connectivity index (χ1) is 8.83. The lowest BCUT2D eigenvalue weighted by atomic mass is 10.2. The lowest BCUT2D eigenvalue weighted by molar-refractivity contribution is 0.355. The van der Waals surface area contributed by atoms with Crippen molar-refractivity contribution in [1.82, 2.24) is 5.32 Å². The van der Waals surface area contributed by atoms with E-state index in [0.717, 1.165) is 23.6 Å². The van der Waals surface area contributed by atoms with Crippen molar-refractivity contribution in [1.29, 1.82) is 0 Å². The quantitative estimate of drug-likeness (QED) is 0.824. The molecule has 0 aliphatic heterocycles. The second kappa shape index (κ2) is 6.66. The van der Waals surface area contributed by atoms with E-state index in [4.69, 9.17) is 21.1 Å². The minimum atomic E-state index is 0.478. The molecule has 0 atom stereocenters. The molecule has 0 spiro atoms. The van der Waals surface area contributed by atoms with Crippen LogP contribution < -0.4 is 14.8 Å². The second-order valence-electron chi connectivity index (χ2n) is 4.30. The lowest BCUT2D eigenvalue weighted by Gasteiger charge is -2.12. The molecule has 18 heavy (non-hydrogen) atoms. The fourth-order valence-corrected chi connectivity index (χ4v) is 1.75. The summed E-state index contributed by atoms with van der Waals surface area (Å²) in [5, 5.41) is 3.48. The summed E-state index contributed by atoms with van der Waals surface area (Å²) in [4.78, 5) is 0. The molecule has 0 heterocycles. The van der Waals surface area contributed by atoms with Gasteiger partial charge in [0.1, 0.15) is 18.1 Å². The summed E-state index contributed by atoms with van der Waals surface area (Å²) in [5.74, 6) is 1.72. The molecule has 2 rings (SSSR count). The fourth-order valence-electron chi connectivity index (χ4n) is 1.68.